The topological polar surface area (TPSA) is 102 Å². The summed E-state index contributed by atoms with van der Waals surface area (Å²) in [5, 5.41) is 9.43. The first kappa shape index (κ1) is 24.7. The monoisotopic (exact) mass is 492 g/mol. The van der Waals surface area contributed by atoms with Crippen LogP contribution in [0.3, 0.4) is 0 Å². The van der Waals surface area contributed by atoms with E-state index in [1.165, 1.54) is 18.4 Å². The van der Waals surface area contributed by atoms with Crippen molar-refractivity contribution in [3.05, 3.63) is 59.4 Å². The number of aromatic nitrogens is 1. The number of pyridine rings is 1. The third-order valence-corrected chi connectivity index (χ3v) is 7.22. The van der Waals surface area contributed by atoms with Crippen LogP contribution in [0.15, 0.2) is 42.6 Å². The van der Waals surface area contributed by atoms with E-state index in [1.54, 1.807) is 18.3 Å². The van der Waals surface area contributed by atoms with Crippen molar-refractivity contribution in [3.8, 4) is 5.75 Å². The molecule has 8 nitrogen and oxygen atoms in total. The summed E-state index contributed by atoms with van der Waals surface area (Å²) in [6.45, 7) is 4.34. The predicted octanol–water partition coefficient (Wildman–Crippen LogP) is 3.24. The molecular weight excluding hydrogens is 456 g/mol. The predicted molar refractivity (Wildman–Crippen MR) is 136 cm³/mol. The molecule has 2 aromatic rings. The molecule has 3 fully saturated rings. The van der Waals surface area contributed by atoms with Crippen LogP contribution in [0.1, 0.15) is 79.1 Å². The summed E-state index contributed by atoms with van der Waals surface area (Å²) in [4.78, 5) is 29.7. The molecule has 8 heteroatoms. The van der Waals surface area contributed by atoms with Gasteiger partial charge in [-0.25, -0.2) is 4.98 Å². The Morgan fingerprint density at radius 2 is 1.92 bits per heavy atom. The molecule has 1 aliphatic carbocycles. The van der Waals surface area contributed by atoms with Gasteiger partial charge < -0.3 is 25.4 Å². The molecule has 36 heavy (non-hydrogen) atoms. The maximum atomic E-state index is 12.7. The van der Waals surface area contributed by atoms with Gasteiger partial charge in [0.15, 0.2) is 0 Å². The number of hydrogen-bond donors (Lipinski definition) is 3. The number of rotatable bonds is 9. The SMILES string of the molecule is C[C@H](NC(=O)[C@H]1CCCO1)[C@H](Oc1ccc(C(=O)N[C@H]2CCCNC2)nc1)c1ccc(C2CC2)cc1. The van der Waals surface area contributed by atoms with Gasteiger partial charge in [0, 0.05) is 19.2 Å². The van der Waals surface area contributed by atoms with Gasteiger partial charge in [0.2, 0.25) is 5.91 Å². The second-order valence-electron chi connectivity index (χ2n) is 10.2. The van der Waals surface area contributed by atoms with Crippen molar-refractivity contribution in [2.75, 3.05) is 19.7 Å². The summed E-state index contributed by atoms with van der Waals surface area (Å²) >= 11 is 0. The van der Waals surface area contributed by atoms with Crippen LogP contribution in [-0.2, 0) is 9.53 Å². The van der Waals surface area contributed by atoms with E-state index in [-0.39, 0.29) is 23.9 Å². The molecule has 2 aliphatic heterocycles. The largest absolute Gasteiger partial charge is 0.482 e. The first-order valence-corrected chi connectivity index (χ1v) is 13.2. The van der Waals surface area contributed by atoms with Crippen molar-refractivity contribution < 1.29 is 19.1 Å². The fourth-order valence-electron chi connectivity index (χ4n) is 4.98. The van der Waals surface area contributed by atoms with Gasteiger partial charge in [0.05, 0.1) is 12.2 Å². The van der Waals surface area contributed by atoms with Crippen LogP contribution in [0.4, 0.5) is 0 Å². The Morgan fingerprint density at radius 3 is 2.56 bits per heavy atom. The van der Waals surface area contributed by atoms with Crippen molar-refractivity contribution >= 4 is 11.8 Å². The van der Waals surface area contributed by atoms with Crippen molar-refractivity contribution in [1.82, 2.24) is 20.9 Å². The highest BCUT2D eigenvalue weighted by Gasteiger charge is 2.30. The van der Waals surface area contributed by atoms with E-state index in [4.69, 9.17) is 9.47 Å². The third-order valence-electron chi connectivity index (χ3n) is 7.22. The molecule has 1 aromatic heterocycles. The molecule has 1 saturated carbocycles. The molecule has 2 saturated heterocycles. The second-order valence-corrected chi connectivity index (χ2v) is 10.2. The summed E-state index contributed by atoms with van der Waals surface area (Å²) in [7, 11) is 0. The normalized spacial score (nSPS) is 23.5. The number of piperidine rings is 1. The first-order chi connectivity index (χ1) is 17.6. The number of carbonyl (C=O) groups excluding carboxylic acids is 2. The Bertz CT molecular complexity index is 1030. The van der Waals surface area contributed by atoms with Crippen LogP contribution in [0, 0.1) is 0 Å². The molecule has 3 N–H and O–H groups in total. The molecule has 1 aromatic carbocycles. The van der Waals surface area contributed by atoms with Gasteiger partial charge >= 0.3 is 0 Å². The van der Waals surface area contributed by atoms with Crippen molar-refractivity contribution in [3.63, 3.8) is 0 Å². The maximum Gasteiger partial charge on any atom is 0.270 e. The molecule has 0 unspecified atom stereocenters. The van der Waals surface area contributed by atoms with Crippen LogP contribution in [-0.4, -0.2) is 54.7 Å². The average Bonchev–Trinajstić information content (AvgIpc) is 3.61. The van der Waals surface area contributed by atoms with E-state index in [2.05, 4.69) is 45.2 Å². The summed E-state index contributed by atoms with van der Waals surface area (Å²) in [5.74, 6) is 0.924. The average molecular weight is 493 g/mol. The molecule has 0 radical (unpaired) electrons. The number of benzene rings is 1. The third kappa shape index (κ3) is 6.23. The van der Waals surface area contributed by atoms with E-state index >= 15 is 0 Å². The maximum absolute atomic E-state index is 12.7. The van der Waals surface area contributed by atoms with E-state index in [9.17, 15) is 9.59 Å². The van der Waals surface area contributed by atoms with E-state index < -0.39 is 12.2 Å². The van der Waals surface area contributed by atoms with Gasteiger partial charge in [-0.15, -0.1) is 0 Å². The highest BCUT2D eigenvalue weighted by Crippen LogP contribution is 2.40. The number of amides is 2. The molecule has 0 bridgehead atoms. The number of hydrogen-bond acceptors (Lipinski definition) is 6. The molecule has 192 valence electrons. The quantitative estimate of drug-likeness (QED) is 0.497. The van der Waals surface area contributed by atoms with Crippen LogP contribution >= 0.6 is 0 Å². The lowest BCUT2D eigenvalue weighted by Crippen LogP contribution is -2.45. The number of nitrogens with one attached hydrogen (secondary N) is 3. The summed E-state index contributed by atoms with van der Waals surface area (Å²) in [6.07, 6.45) is 6.91. The zero-order valence-electron chi connectivity index (χ0n) is 20.9. The summed E-state index contributed by atoms with van der Waals surface area (Å²) < 4.78 is 11.9. The highest BCUT2D eigenvalue weighted by atomic mass is 16.5. The number of nitrogens with zero attached hydrogens (tertiary/aromatic N) is 1. The van der Waals surface area contributed by atoms with Crippen LogP contribution in [0.25, 0.3) is 0 Å². The van der Waals surface area contributed by atoms with Crippen molar-refractivity contribution in [2.45, 2.75) is 75.7 Å². The van der Waals surface area contributed by atoms with Crippen LogP contribution < -0.4 is 20.7 Å². The highest BCUT2D eigenvalue weighted by molar-refractivity contribution is 5.92. The Kier molecular flexibility index (Phi) is 7.82. The minimum absolute atomic E-state index is 0.106. The van der Waals surface area contributed by atoms with Gasteiger partial charge in [0.1, 0.15) is 23.7 Å². The zero-order chi connectivity index (χ0) is 24.9. The lowest BCUT2D eigenvalue weighted by atomic mass is 10.00. The fourth-order valence-corrected chi connectivity index (χ4v) is 4.98. The molecule has 2 amide bonds. The molecule has 0 spiro atoms. The van der Waals surface area contributed by atoms with Crippen molar-refractivity contribution in [2.24, 2.45) is 0 Å². The molecule has 5 rings (SSSR count). The van der Waals surface area contributed by atoms with Gasteiger partial charge in [-0.2, -0.15) is 0 Å². The van der Waals surface area contributed by atoms with Gasteiger partial charge in [-0.05, 0) is 81.2 Å². The summed E-state index contributed by atoms with van der Waals surface area (Å²) in [6, 6.07) is 11.8. The van der Waals surface area contributed by atoms with E-state index in [0.29, 0.717) is 24.0 Å². The molecule has 3 heterocycles. The standard InChI is InChI=1S/C28H36N4O4/c1-18(31-28(34)25-5-3-15-35-25)26(21-10-8-20(9-11-21)19-6-7-19)36-23-12-13-24(30-17-23)27(33)32-22-4-2-14-29-16-22/h8-13,17-19,22,25-26,29H,2-7,14-16H2,1H3,(H,31,34)(H,32,33)/t18-,22-,25+,26-/m0/s1. The molecule has 3 aliphatic rings. The second kappa shape index (κ2) is 11.4. The Hall–Kier alpha value is -2.97. The minimum atomic E-state index is -0.418. The Balaban J connectivity index is 1.27. The smallest absolute Gasteiger partial charge is 0.270 e. The Morgan fingerprint density at radius 1 is 1.08 bits per heavy atom. The van der Waals surface area contributed by atoms with Crippen LogP contribution in [0.2, 0.25) is 0 Å². The summed E-state index contributed by atoms with van der Waals surface area (Å²) in [5.41, 5.74) is 2.68. The van der Waals surface area contributed by atoms with Crippen LogP contribution in [0.5, 0.6) is 5.75 Å². The molecule has 4 atom stereocenters. The lowest BCUT2D eigenvalue weighted by molar-refractivity contribution is -0.131. The van der Waals surface area contributed by atoms with E-state index in [0.717, 1.165) is 44.3 Å². The first-order valence-electron chi connectivity index (χ1n) is 13.2. The lowest BCUT2D eigenvalue weighted by Gasteiger charge is -2.27. The van der Waals surface area contributed by atoms with Gasteiger partial charge in [-0.1, -0.05) is 24.3 Å². The zero-order valence-corrected chi connectivity index (χ0v) is 20.9. The number of carbonyl (C=O) groups is 2. The fraction of sp³-hybridized carbons (Fsp3) is 0.536. The Labute approximate surface area is 212 Å². The van der Waals surface area contributed by atoms with E-state index in [1.807, 2.05) is 6.92 Å². The minimum Gasteiger partial charge on any atom is -0.482 e. The van der Waals surface area contributed by atoms with Crippen molar-refractivity contribution in [1.29, 1.82) is 0 Å². The molecular formula is C28H36N4O4. The number of ether oxygens (including phenoxy) is 2. The van der Waals surface area contributed by atoms with Gasteiger partial charge in [0.25, 0.3) is 5.91 Å². The van der Waals surface area contributed by atoms with Gasteiger partial charge in [-0.3, -0.25) is 9.59 Å².